The van der Waals surface area contributed by atoms with Gasteiger partial charge in [-0.25, -0.2) is 0 Å². The SMILES string of the molecule is CCc1cc(CC)c(OC(=O)C(C)(C)C)c(C=C(OC)C(=O)c2ccc(OC(=O)C(C)(C)C)cc2)c1OC. The van der Waals surface area contributed by atoms with Crippen molar-refractivity contribution in [2.24, 2.45) is 10.8 Å². The van der Waals surface area contributed by atoms with Gasteiger partial charge in [-0.2, -0.15) is 0 Å². The first-order valence-electron chi connectivity index (χ1n) is 12.8. The van der Waals surface area contributed by atoms with Gasteiger partial charge in [0.2, 0.25) is 5.78 Å². The van der Waals surface area contributed by atoms with E-state index in [9.17, 15) is 14.4 Å². The number of rotatable bonds is 9. The van der Waals surface area contributed by atoms with Gasteiger partial charge in [-0.1, -0.05) is 13.8 Å². The third kappa shape index (κ3) is 7.24. The molecular formula is C31H40O7. The quantitative estimate of drug-likeness (QED) is 0.120. The third-order valence-corrected chi connectivity index (χ3v) is 5.85. The lowest BCUT2D eigenvalue weighted by atomic mass is 9.95. The first kappa shape index (κ1) is 30.6. The zero-order valence-electron chi connectivity index (χ0n) is 24.2. The van der Waals surface area contributed by atoms with E-state index in [0.717, 1.165) is 11.1 Å². The summed E-state index contributed by atoms with van der Waals surface area (Å²) in [5.41, 5.74) is 1.14. The van der Waals surface area contributed by atoms with Crippen LogP contribution in [0.4, 0.5) is 0 Å². The van der Waals surface area contributed by atoms with E-state index in [1.807, 2.05) is 19.9 Å². The normalized spacial score (nSPS) is 12.1. The van der Waals surface area contributed by atoms with Crippen LogP contribution in [0, 0.1) is 10.8 Å². The summed E-state index contributed by atoms with van der Waals surface area (Å²) >= 11 is 0. The highest BCUT2D eigenvalue weighted by atomic mass is 16.5. The topological polar surface area (TPSA) is 88.1 Å². The predicted molar refractivity (Wildman–Crippen MR) is 148 cm³/mol. The maximum Gasteiger partial charge on any atom is 0.316 e. The van der Waals surface area contributed by atoms with Gasteiger partial charge >= 0.3 is 11.9 Å². The van der Waals surface area contributed by atoms with E-state index in [4.69, 9.17) is 18.9 Å². The Morgan fingerprint density at radius 2 is 1.26 bits per heavy atom. The molecular weight excluding hydrogens is 484 g/mol. The molecule has 7 heteroatoms. The minimum absolute atomic E-state index is 0.0334. The van der Waals surface area contributed by atoms with E-state index in [0.29, 0.717) is 41.2 Å². The highest BCUT2D eigenvalue weighted by molar-refractivity contribution is 6.10. The molecule has 0 atom stereocenters. The lowest BCUT2D eigenvalue weighted by molar-refractivity contribution is -0.143. The van der Waals surface area contributed by atoms with Crippen molar-refractivity contribution in [1.29, 1.82) is 0 Å². The fourth-order valence-corrected chi connectivity index (χ4v) is 3.48. The molecule has 7 nitrogen and oxygen atoms in total. The van der Waals surface area contributed by atoms with Gasteiger partial charge in [0, 0.05) is 5.56 Å². The molecule has 0 fully saturated rings. The minimum Gasteiger partial charge on any atom is -0.496 e. The molecule has 0 aliphatic heterocycles. The Kier molecular flexibility index (Phi) is 9.90. The molecule has 2 aromatic carbocycles. The van der Waals surface area contributed by atoms with E-state index in [-0.39, 0.29) is 11.7 Å². The Labute approximate surface area is 226 Å². The summed E-state index contributed by atoms with van der Waals surface area (Å²) in [7, 11) is 2.94. The first-order valence-corrected chi connectivity index (χ1v) is 12.8. The largest absolute Gasteiger partial charge is 0.496 e. The average molecular weight is 525 g/mol. The summed E-state index contributed by atoms with van der Waals surface area (Å²) in [6, 6.07) is 8.23. The van der Waals surface area contributed by atoms with Gasteiger partial charge in [-0.05, 0) is 102 Å². The number of allylic oxidation sites excluding steroid dienone is 1. The van der Waals surface area contributed by atoms with Crippen LogP contribution in [-0.2, 0) is 27.2 Å². The van der Waals surface area contributed by atoms with Crippen LogP contribution in [0.1, 0.15) is 82.4 Å². The summed E-state index contributed by atoms with van der Waals surface area (Å²) < 4.78 is 22.6. The first-order chi connectivity index (χ1) is 17.7. The fourth-order valence-electron chi connectivity index (χ4n) is 3.48. The van der Waals surface area contributed by atoms with Crippen LogP contribution in [0.2, 0.25) is 0 Å². The number of benzene rings is 2. The number of ketones is 1. The lowest BCUT2D eigenvalue weighted by Gasteiger charge is -2.22. The van der Waals surface area contributed by atoms with Crippen LogP contribution >= 0.6 is 0 Å². The summed E-state index contributed by atoms with van der Waals surface area (Å²) in [4.78, 5) is 38.5. The van der Waals surface area contributed by atoms with Crippen LogP contribution < -0.4 is 14.2 Å². The second-order valence-electron chi connectivity index (χ2n) is 11.0. The fraction of sp³-hybridized carbons (Fsp3) is 0.452. The molecule has 0 aliphatic rings. The zero-order chi connectivity index (χ0) is 28.8. The van der Waals surface area contributed by atoms with Crippen molar-refractivity contribution < 1.29 is 33.3 Å². The highest BCUT2D eigenvalue weighted by Crippen LogP contribution is 2.39. The van der Waals surface area contributed by atoms with E-state index >= 15 is 0 Å². The lowest BCUT2D eigenvalue weighted by Crippen LogP contribution is -2.26. The summed E-state index contributed by atoms with van der Waals surface area (Å²) in [5, 5.41) is 0. The van der Waals surface area contributed by atoms with Crippen molar-refractivity contribution in [2.45, 2.75) is 68.2 Å². The molecule has 0 radical (unpaired) electrons. The Balaban J connectivity index is 2.60. The molecule has 0 saturated carbocycles. The zero-order valence-corrected chi connectivity index (χ0v) is 24.2. The standard InChI is InChI=1S/C31H40O7/c1-11-19-17-20(12-2)27(38-29(34)31(6,7)8)23(26(19)36-10)18-24(35-9)25(32)21-13-15-22(16-14-21)37-28(33)30(3,4)5/h13-18H,11-12H2,1-10H3. The van der Waals surface area contributed by atoms with Crippen molar-refractivity contribution in [3.8, 4) is 17.2 Å². The molecule has 2 rings (SSSR count). The molecule has 0 aromatic heterocycles. The van der Waals surface area contributed by atoms with Gasteiger partial charge < -0.3 is 18.9 Å². The predicted octanol–water partition coefficient (Wildman–Crippen LogP) is 6.59. The van der Waals surface area contributed by atoms with Crippen molar-refractivity contribution in [3.05, 3.63) is 58.3 Å². The Morgan fingerprint density at radius 3 is 1.71 bits per heavy atom. The van der Waals surface area contributed by atoms with E-state index in [1.165, 1.54) is 7.11 Å². The van der Waals surface area contributed by atoms with Gasteiger partial charge in [-0.3, -0.25) is 14.4 Å². The second-order valence-corrected chi connectivity index (χ2v) is 11.0. The number of Topliss-reactive ketones (excluding diaryl/α,β-unsaturated/α-hetero) is 1. The van der Waals surface area contributed by atoms with Crippen molar-refractivity contribution in [3.63, 3.8) is 0 Å². The summed E-state index contributed by atoms with van der Waals surface area (Å²) in [5.74, 6) is 0.0504. The van der Waals surface area contributed by atoms with E-state index in [2.05, 4.69) is 0 Å². The smallest absolute Gasteiger partial charge is 0.316 e. The number of methoxy groups -OCH3 is 2. The minimum atomic E-state index is -0.735. The molecule has 0 amide bonds. The maximum absolute atomic E-state index is 13.4. The van der Waals surface area contributed by atoms with Crippen LogP contribution in [0.3, 0.4) is 0 Å². The number of aryl methyl sites for hydroxylation is 2. The molecule has 0 saturated heterocycles. The molecule has 0 N–H and O–H groups in total. The summed E-state index contributed by atoms with van der Waals surface area (Å²) in [6.07, 6.45) is 2.84. The molecule has 0 aliphatic carbocycles. The van der Waals surface area contributed by atoms with Crippen molar-refractivity contribution >= 4 is 23.8 Å². The highest BCUT2D eigenvalue weighted by Gasteiger charge is 2.28. The van der Waals surface area contributed by atoms with Crippen LogP contribution in [0.5, 0.6) is 17.2 Å². The van der Waals surface area contributed by atoms with Gasteiger partial charge in [-0.15, -0.1) is 0 Å². The third-order valence-electron chi connectivity index (χ3n) is 5.85. The van der Waals surface area contributed by atoms with Crippen LogP contribution in [0.15, 0.2) is 36.1 Å². The average Bonchev–Trinajstić information content (AvgIpc) is 2.86. The molecule has 38 heavy (non-hydrogen) atoms. The molecule has 0 spiro atoms. The maximum atomic E-state index is 13.4. The van der Waals surface area contributed by atoms with Gasteiger partial charge in [0.15, 0.2) is 5.76 Å². The monoisotopic (exact) mass is 524 g/mol. The number of hydrogen-bond acceptors (Lipinski definition) is 7. The molecule has 0 bridgehead atoms. The van der Waals surface area contributed by atoms with Gasteiger partial charge in [0.1, 0.15) is 17.2 Å². The number of carbonyl (C=O) groups excluding carboxylic acids is 3. The summed E-state index contributed by atoms with van der Waals surface area (Å²) in [6.45, 7) is 14.6. The van der Waals surface area contributed by atoms with E-state index in [1.54, 1.807) is 79.0 Å². The molecule has 0 unspecified atom stereocenters. The Bertz CT molecular complexity index is 1210. The molecule has 206 valence electrons. The Morgan fingerprint density at radius 1 is 0.763 bits per heavy atom. The van der Waals surface area contributed by atoms with Gasteiger partial charge in [0.05, 0.1) is 30.6 Å². The molecule has 2 aromatic rings. The number of hydrogen-bond donors (Lipinski definition) is 0. The van der Waals surface area contributed by atoms with Crippen molar-refractivity contribution in [2.75, 3.05) is 14.2 Å². The van der Waals surface area contributed by atoms with Crippen LogP contribution in [-0.4, -0.2) is 31.9 Å². The van der Waals surface area contributed by atoms with Crippen molar-refractivity contribution in [1.82, 2.24) is 0 Å². The Hall–Kier alpha value is -3.61. The van der Waals surface area contributed by atoms with Gasteiger partial charge in [0.25, 0.3) is 0 Å². The second kappa shape index (κ2) is 12.3. The number of ether oxygens (including phenoxy) is 4. The number of carbonyl (C=O) groups is 3. The van der Waals surface area contributed by atoms with E-state index < -0.39 is 22.6 Å². The number of esters is 2. The van der Waals surface area contributed by atoms with Crippen LogP contribution in [0.25, 0.3) is 6.08 Å². The molecule has 0 heterocycles.